The quantitative estimate of drug-likeness (QED) is 0.457. The van der Waals surface area contributed by atoms with Crippen molar-refractivity contribution in [3.8, 4) is 11.5 Å². The van der Waals surface area contributed by atoms with Crippen LogP contribution in [0, 0.1) is 5.41 Å². The van der Waals surface area contributed by atoms with E-state index in [1.165, 1.54) is 6.07 Å². The lowest BCUT2D eigenvalue weighted by molar-refractivity contribution is -0.141. The van der Waals surface area contributed by atoms with Crippen molar-refractivity contribution >= 4 is 29.2 Å². The number of halogens is 4. The smallest absolute Gasteiger partial charge is 0.396 e. The molecule has 0 aliphatic heterocycles. The number of rotatable bonds is 7. The largest absolute Gasteiger partial charge is 0.433 e. The molecule has 12 heteroatoms. The van der Waals surface area contributed by atoms with Crippen LogP contribution in [-0.2, 0) is 6.18 Å². The number of hydrogen-bond acceptors (Lipinski definition) is 8. The van der Waals surface area contributed by atoms with Gasteiger partial charge >= 0.3 is 6.18 Å². The van der Waals surface area contributed by atoms with Crippen molar-refractivity contribution in [2.24, 2.45) is 5.41 Å². The highest BCUT2D eigenvalue weighted by molar-refractivity contribution is 6.29. The third kappa shape index (κ3) is 6.22. The van der Waals surface area contributed by atoms with Crippen LogP contribution in [-0.4, -0.2) is 43.2 Å². The van der Waals surface area contributed by atoms with Gasteiger partial charge in [-0.15, -0.1) is 0 Å². The zero-order valence-corrected chi connectivity index (χ0v) is 17.3. The lowest BCUT2D eigenvalue weighted by atomic mass is 9.95. The van der Waals surface area contributed by atoms with Crippen LogP contribution in [0.4, 0.5) is 30.8 Å². The Kier molecular flexibility index (Phi) is 6.56. The van der Waals surface area contributed by atoms with Gasteiger partial charge in [-0.25, -0.2) is 4.98 Å². The summed E-state index contributed by atoms with van der Waals surface area (Å²) < 4.78 is 38.9. The number of aliphatic hydroxyl groups excluding tert-OH is 1. The Bertz CT molecular complexity index is 1060. The highest BCUT2D eigenvalue weighted by atomic mass is 35.5. The molecule has 3 heterocycles. The molecule has 0 unspecified atom stereocenters. The monoisotopic (exact) mass is 453 g/mol. The van der Waals surface area contributed by atoms with Crippen molar-refractivity contribution in [2.45, 2.75) is 20.0 Å². The van der Waals surface area contributed by atoms with Gasteiger partial charge in [-0.3, -0.25) is 4.98 Å². The number of aromatic nitrogens is 5. The Morgan fingerprint density at radius 1 is 1.03 bits per heavy atom. The number of nitrogens with zero attached hydrogens (tertiary/aromatic N) is 5. The molecule has 0 saturated carbocycles. The van der Waals surface area contributed by atoms with Gasteiger partial charge in [0.25, 0.3) is 0 Å². The Balaban J connectivity index is 1.97. The number of aliphatic hydroxyl groups is 1. The second kappa shape index (κ2) is 8.98. The minimum Gasteiger partial charge on any atom is -0.396 e. The van der Waals surface area contributed by atoms with Crippen molar-refractivity contribution in [1.29, 1.82) is 0 Å². The van der Waals surface area contributed by atoms with Gasteiger partial charge in [0.05, 0.1) is 0 Å². The van der Waals surface area contributed by atoms with E-state index in [1.807, 2.05) is 13.8 Å². The van der Waals surface area contributed by atoms with Crippen LogP contribution in [0.5, 0.6) is 0 Å². The molecule has 0 radical (unpaired) electrons. The van der Waals surface area contributed by atoms with E-state index >= 15 is 0 Å². The van der Waals surface area contributed by atoms with Gasteiger partial charge in [-0.05, 0) is 24.3 Å². The SMILES string of the molecule is CC(C)(CO)CNc1nc(Nc2ccnc(C(F)(F)F)c2)nc(-c2cccc(Cl)n2)n1. The van der Waals surface area contributed by atoms with Gasteiger partial charge in [-0.2, -0.15) is 28.1 Å². The van der Waals surface area contributed by atoms with Gasteiger partial charge in [0.1, 0.15) is 16.5 Å². The molecule has 0 aliphatic rings. The van der Waals surface area contributed by atoms with Crippen LogP contribution in [0.2, 0.25) is 5.15 Å². The topological polar surface area (TPSA) is 109 Å². The molecule has 164 valence electrons. The van der Waals surface area contributed by atoms with Crippen LogP contribution in [0.1, 0.15) is 19.5 Å². The number of pyridine rings is 2. The standard InChI is InChI=1S/C19H19ClF3N7O/c1-18(2,10-31)9-25-16-28-15(12-4-3-5-14(20)27-12)29-17(30-16)26-11-6-7-24-13(8-11)19(21,22)23/h3-8,31H,9-10H2,1-2H3,(H2,24,25,26,28,29,30). The fourth-order valence-electron chi connectivity index (χ4n) is 2.32. The van der Waals surface area contributed by atoms with Crippen LogP contribution in [0.3, 0.4) is 0 Å². The summed E-state index contributed by atoms with van der Waals surface area (Å²) in [6, 6.07) is 7.11. The molecule has 8 nitrogen and oxygen atoms in total. The Labute approximate surface area is 181 Å². The molecule has 0 amide bonds. The molecule has 31 heavy (non-hydrogen) atoms. The van der Waals surface area contributed by atoms with Crippen molar-refractivity contribution in [2.75, 3.05) is 23.8 Å². The number of hydrogen-bond donors (Lipinski definition) is 3. The Morgan fingerprint density at radius 3 is 2.45 bits per heavy atom. The van der Waals surface area contributed by atoms with Gasteiger partial charge in [0, 0.05) is 30.5 Å². The predicted octanol–water partition coefficient (Wildman–Crippen LogP) is 4.17. The van der Waals surface area contributed by atoms with E-state index in [0.717, 1.165) is 12.3 Å². The first-order valence-electron chi connectivity index (χ1n) is 9.10. The maximum absolute atomic E-state index is 13.0. The average molecular weight is 454 g/mol. The molecule has 0 spiro atoms. The highest BCUT2D eigenvalue weighted by Gasteiger charge is 2.32. The van der Waals surface area contributed by atoms with E-state index in [4.69, 9.17) is 11.6 Å². The van der Waals surface area contributed by atoms with Gasteiger partial charge in [0.15, 0.2) is 5.82 Å². The minimum absolute atomic E-state index is 0.00426. The average Bonchev–Trinajstić information content (AvgIpc) is 2.72. The Hall–Kier alpha value is -3.05. The molecule has 0 saturated heterocycles. The second-order valence-electron chi connectivity index (χ2n) is 7.38. The Morgan fingerprint density at radius 2 is 1.77 bits per heavy atom. The predicted molar refractivity (Wildman–Crippen MR) is 110 cm³/mol. The molecular formula is C19H19ClF3N7O. The van der Waals surface area contributed by atoms with Crippen LogP contribution in [0.25, 0.3) is 11.5 Å². The fourth-order valence-corrected chi connectivity index (χ4v) is 2.49. The number of nitrogens with one attached hydrogen (secondary N) is 2. The van der Waals surface area contributed by atoms with Crippen LogP contribution < -0.4 is 10.6 Å². The van der Waals surface area contributed by atoms with Crippen molar-refractivity contribution in [3.05, 3.63) is 47.4 Å². The summed E-state index contributed by atoms with van der Waals surface area (Å²) in [5, 5.41) is 15.4. The van der Waals surface area contributed by atoms with E-state index in [9.17, 15) is 18.3 Å². The molecule has 0 aromatic carbocycles. The first-order valence-corrected chi connectivity index (χ1v) is 9.47. The van der Waals surface area contributed by atoms with E-state index in [1.54, 1.807) is 18.2 Å². The summed E-state index contributed by atoms with van der Waals surface area (Å²) in [5.41, 5.74) is -1.05. The molecule has 3 N–H and O–H groups in total. The van der Waals surface area contributed by atoms with E-state index < -0.39 is 17.3 Å². The molecule has 0 bridgehead atoms. The van der Waals surface area contributed by atoms with Crippen molar-refractivity contribution < 1.29 is 18.3 Å². The molecular weight excluding hydrogens is 435 g/mol. The fraction of sp³-hybridized carbons (Fsp3) is 0.316. The zero-order chi connectivity index (χ0) is 22.6. The van der Waals surface area contributed by atoms with Crippen molar-refractivity contribution in [3.63, 3.8) is 0 Å². The zero-order valence-electron chi connectivity index (χ0n) is 16.6. The van der Waals surface area contributed by atoms with E-state index in [-0.39, 0.29) is 35.2 Å². The molecule has 3 aromatic heterocycles. The first-order chi connectivity index (χ1) is 14.6. The summed E-state index contributed by atoms with van der Waals surface area (Å²) in [5.74, 6) is 0.311. The van der Waals surface area contributed by atoms with E-state index in [0.29, 0.717) is 12.2 Å². The number of anilines is 3. The lowest BCUT2D eigenvalue weighted by Crippen LogP contribution is -2.27. The van der Waals surface area contributed by atoms with Gasteiger partial charge in [-0.1, -0.05) is 31.5 Å². The van der Waals surface area contributed by atoms with Crippen LogP contribution in [0.15, 0.2) is 36.5 Å². The van der Waals surface area contributed by atoms with E-state index in [2.05, 4.69) is 35.6 Å². The molecule has 3 aromatic rings. The minimum atomic E-state index is -4.59. The first kappa shape index (κ1) is 22.6. The summed E-state index contributed by atoms with van der Waals surface area (Å²) >= 11 is 5.95. The summed E-state index contributed by atoms with van der Waals surface area (Å²) in [6.45, 7) is 3.95. The highest BCUT2D eigenvalue weighted by Crippen LogP contribution is 2.29. The second-order valence-corrected chi connectivity index (χ2v) is 7.77. The lowest BCUT2D eigenvalue weighted by Gasteiger charge is -2.22. The maximum Gasteiger partial charge on any atom is 0.433 e. The van der Waals surface area contributed by atoms with Gasteiger partial charge in [0.2, 0.25) is 11.9 Å². The summed E-state index contributed by atoms with van der Waals surface area (Å²) in [6.07, 6.45) is -3.55. The molecule has 3 rings (SSSR count). The van der Waals surface area contributed by atoms with Crippen molar-refractivity contribution in [1.82, 2.24) is 24.9 Å². The summed E-state index contributed by atoms with van der Waals surface area (Å²) in [7, 11) is 0. The maximum atomic E-state index is 13.0. The normalized spacial score (nSPS) is 12.0. The summed E-state index contributed by atoms with van der Waals surface area (Å²) in [4.78, 5) is 20.3. The molecule has 0 fully saturated rings. The molecule has 0 aliphatic carbocycles. The van der Waals surface area contributed by atoms with Gasteiger partial charge < -0.3 is 15.7 Å². The third-order valence-corrected chi connectivity index (χ3v) is 4.25. The number of alkyl halides is 3. The third-order valence-electron chi connectivity index (χ3n) is 4.04. The molecule has 0 atom stereocenters. The van der Waals surface area contributed by atoms with Crippen LogP contribution >= 0.6 is 11.6 Å².